The highest BCUT2D eigenvalue weighted by atomic mass is 16.5. The summed E-state index contributed by atoms with van der Waals surface area (Å²) in [6.45, 7) is 4.08. The Morgan fingerprint density at radius 3 is 2.05 bits per heavy atom. The Morgan fingerprint density at radius 1 is 1.14 bits per heavy atom. The largest absolute Gasteiger partial charge is 0.496 e. The summed E-state index contributed by atoms with van der Waals surface area (Å²) in [4.78, 5) is 11.9. The molecule has 0 aliphatic rings. The van der Waals surface area contributed by atoms with Crippen molar-refractivity contribution in [3.63, 3.8) is 0 Å². The molecule has 1 rings (SSSR count). The highest BCUT2D eigenvalue weighted by Crippen LogP contribution is 2.33. The summed E-state index contributed by atoms with van der Waals surface area (Å²) >= 11 is 0. The van der Waals surface area contributed by atoms with Gasteiger partial charge in [-0.25, -0.2) is 0 Å². The molecule has 1 atom stereocenters. The van der Waals surface area contributed by atoms with Crippen LogP contribution in [0.2, 0.25) is 0 Å². The highest BCUT2D eigenvalue weighted by molar-refractivity contribution is 5.81. The number of nitrogens with two attached hydrogens (primary N) is 1. The predicted octanol–water partition coefficient (Wildman–Crippen LogP) is 1.31. The molecule has 0 aromatic heterocycles. The van der Waals surface area contributed by atoms with Crippen LogP contribution >= 0.6 is 0 Å². The lowest BCUT2D eigenvalue weighted by Gasteiger charge is -2.18. The number of methoxy groups -OCH3 is 3. The number of amides is 1. The minimum atomic E-state index is -0.541. The molecule has 3 N–H and O–H groups in total. The minimum Gasteiger partial charge on any atom is -0.496 e. The van der Waals surface area contributed by atoms with Crippen LogP contribution in [-0.4, -0.2) is 33.3 Å². The molecule has 6 nitrogen and oxygen atoms in total. The molecular formula is C15H24N2O4. The fraction of sp³-hybridized carbons (Fsp3) is 0.533. The first-order chi connectivity index (χ1) is 9.94. The first-order valence-electron chi connectivity index (χ1n) is 6.76. The van der Waals surface area contributed by atoms with E-state index in [1.807, 2.05) is 13.8 Å². The van der Waals surface area contributed by atoms with Gasteiger partial charge in [-0.1, -0.05) is 13.8 Å². The topological polar surface area (TPSA) is 82.8 Å². The molecule has 0 fully saturated rings. The molecule has 0 spiro atoms. The Balaban J connectivity index is 2.94. The second-order valence-corrected chi connectivity index (χ2v) is 5.00. The van der Waals surface area contributed by atoms with E-state index in [0.717, 1.165) is 5.56 Å². The lowest BCUT2D eigenvalue weighted by Crippen LogP contribution is -2.43. The van der Waals surface area contributed by atoms with Gasteiger partial charge in [-0.2, -0.15) is 0 Å². The highest BCUT2D eigenvalue weighted by Gasteiger charge is 2.19. The van der Waals surface area contributed by atoms with E-state index in [0.29, 0.717) is 17.2 Å². The Bertz CT molecular complexity index is 464. The molecule has 1 aromatic rings. The Morgan fingerprint density at radius 2 is 1.67 bits per heavy atom. The molecule has 0 bridgehead atoms. The number of hydrogen-bond donors (Lipinski definition) is 2. The van der Waals surface area contributed by atoms with Gasteiger partial charge in [-0.05, 0) is 5.92 Å². The zero-order valence-electron chi connectivity index (χ0n) is 13.2. The summed E-state index contributed by atoms with van der Waals surface area (Å²) in [5, 5.41) is 2.80. The van der Waals surface area contributed by atoms with Crippen LogP contribution in [0.25, 0.3) is 0 Å². The number of carbonyl (C=O) groups is 1. The molecule has 0 saturated heterocycles. The number of nitrogens with one attached hydrogen (secondary N) is 1. The van der Waals surface area contributed by atoms with Gasteiger partial charge in [0.2, 0.25) is 5.91 Å². The van der Waals surface area contributed by atoms with Crippen LogP contribution in [-0.2, 0) is 11.3 Å². The molecule has 21 heavy (non-hydrogen) atoms. The normalized spacial score (nSPS) is 12.0. The van der Waals surface area contributed by atoms with Crippen LogP contribution < -0.4 is 25.3 Å². The molecular weight excluding hydrogens is 272 g/mol. The van der Waals surface area contributed by atoms with Gasteiger partial charge in [0.15, 0.2) is 0 Å². The number of hydrogen-bond acceptors (Lipinski definition) is 5. The van der Waals surface area contributed by atoms with Crippen molar-refractivity contribution >= 4 is 5.91 Å². The quantitative estimate of drug-likeness (QED) is 0.793. The summed E-state index contributed by atoms with van der Waals surface area (Å²) in [6, 6.07) is 2.94. The van der Waals surface area contributed by atoms with Gasteiger partial charge in [0.1, 0.15) is 17.2 Å². The van der Waals surface area contributed by atoms with Gasteiger partial charge in [-0.3, -0.25) is 4.79 Å². The molecule has 0 unspecified atom stereocenters. The number of benzene rings is 1. The van der Waals surface area contributed by atoms with Crippen molar-refractivity contribution in [3.8, 4) is 17.2 Å². The lowest BCUT2D eigenvalue weighted by molar-refractivity contribution is -0.123. The Hall–Kier alpha value is -1.95. The van der Waals surface area contributed by atoms with Crippen LogP contribution in [0.5, 0.6) is 17.2 Å². The van der Waals surface area contributed by atoms with Crippen LogP contribution in [0.15, 0.2) is 12.1 Å². The van der Waals surface area contributed by atoms with Crippen molar-refractivity contribution in [2.45, 2.75) is 26.4 Å². The van der Waals surface area contributed by atoms with E-state index >= 15 is 0 Å². The summed E-state index contributed by atoms with van der Waals surface area (Å²) in [6.07, 6.45) is 0. The monoisotopic (exact) mass is 296 g/mol. The standard InChI is InChI=1S/C15H24N2O4/c1-9(2)14(16)15(18)17-8-11-12(20-4)6-10(19-3)7-13(11)21-5/h6-7,9,14H,8,16H2,1-5H3,(H,17,18)/t14-/m0/s1. The van der Waals surface area contributed by atoms with E-state index in [-0.39, 0.29) is 18.4 Å². The Kier molecular flexibility index (Phi) is 6.30. The Labute approximate surface area is 125 Å². The van der Waals surface area contributed by atoms with Crippen LogP contribution in [0.3, 0.4) is 0 Å². The average Bonchev–Trinajstić information content (AvgIpc) is 2.50. The molecule has 0 saturated carbocycles. The molecule has 0 radical (unpaired) electrons. The molecule has 1 aromatic carbocycles. The van der Waals surface area contributed by atoms with Crippen molar-refractivity contribution in [3.05, 3.63) is 17.7 Å². The molecule has 1 amide bonds. The fourth-order valence-electron chi connectivity index (χ4n) is 1.85. The first-order valence-corrected chi connectivity index (χ1v) is 6.76. The molecule has 118 valence electrons. The van der Waals surface area contributed by atoms with Crippen molar-refractivity contribution in [1.82, 2.24) is 5.32 Å². The second kappa shape index (κ2) is 7.73. The maximum Gasteiger partial charge on any atom is 0.237 e. The van der Waals surface area contributed by atoms with E-state index in [1.54, 1.807) is 33.5 Å². The summed E-state index contributed by atoms with van der Waals surface area (Å²) < 4.78 is 15.8. The van der Waals surface area contributed by atoms with Gasteiger partial charge >= 0.3 is 0 Å². The molecule has 0 aliphatic heterocycles. The van der Waals surface area contributed by atoms with Crippen molar-refractivity contribution in [1.29, 1.82) is 0 Å². The molecule has 6 heteroatoms. The minimum absolute atomic E-state index is 0.0738. The second-order valence-electron chi connectivity index (χ2n) is 5.00. The van der Waals surface area contributed by atoms with E-state index < -0.39 is 6.04 Å². The summed E-state index contributed by atoms with van der Waals surface area (Å²) in [7, 11) is 4.68. The van der Waals surface area contributed by atoms with Crippen LogP contribution in [0.1, 0.15) is 19.4 Å². The van der Waals surface area contributed by atoms with Gasteiger partial charge in [0.05, 0.1) is 39.5 Å². The van der Waals surface area contributed by atoms with Gasteiger partial charge in [0, 0.05) is 12.1 Å². The van der Waals surface area contributed by atoms with Crippen molar-refractivity contribution in [2.24, 2.45) is 11.7 Å². The van der Waals surface area contributed by atoms with Gasteiger partial charge < -0.3 is 25.3 Å². The van der Waals surface area contributed by atoms with E-state index in [1.165, 1.54) is 0 Å². The molecule has 0 aliphatic carbocycles. The zero-order chi connectivity index (χ0) is 16.0. The van der Waals surface area contributed by atoms with Crippen LogP contribution in [0, 0.1) is 5.92 Å². The summed E-state index contributed by atoms with van der Waals surface area (Å²) in [5.41, 5.74) is 6.56. The van der Waals surface area contributed by atoms with Crippen molar-refractivity contribution < 1.29 is 19.0 Å². The van der Waals surface area contributed by atoms with E-state index in [4.69, 9.17) is 19.9 Å². The summed E-state index contributed by atoms with van der Waals surface area (Å²) in [5.74, 6) is 1.67. The third-order valence-electron chi connectivity index (χ3n) is 3.28. The van der Waals surface area contributed by atoms with Gasteiger partial charge in [-0.15, -0.1) is 0 Å². The average molecular weight is 296 g/mol. The SMILES string of the molecule is COc1cc(OC)c(CNC(=O)[C@@H](N)C(C)C)c(OC)c1. The fourth-order valence-corrected chi connectivity index (χ4v) is 1.85. The lowest BCUT2D eigenvalue weighted by atomic mass is 10.0. The zero-order valence-corrected chi connectivity index (χ0v) is 13.2. The smallest absolute Gasteiger partial charge is 0.237 e. The van der Waals surface area contributed by atoms with Crippen molar-refractivity contribution in [2.75, 3.05) is 21.3 Å². The first kappa shape index (κ1) is 17.1. The maximum absolute atomic E-state index is 11.9. The van der Waals surface area contributed by atoms with Gasteiger partial charge in [0.25, 0.3) is 0 Å². The third kappa shape index (κ3) is 4.26. The number of rotatable bonds is 7. The van der Waals surface area contributed by atoms with E-state index in [2.05, 4.69) is 5.32 Å². The maximum atomic E-state index is 11.9. The van der Waals surface area contributed by atoms with E-state index in [9.17, 15) is 4.79 Å². The third-order valence-corrected chi connectivity index (χ3v) is 3.28. The molecule has 0 heterocycles. The number of ether oxygens (including phenoxy) is 3. The predicted molar refractivity (Wildman–Crippen MR) is 80.8 cm³/mol. The number of carbonyl (C=O) groups excluding carboxylic acids is 1. The van der Waals surface area contributed by atoms with Crippen LogP contribution in [0.4, 0.5) is 0 Å².